The molecule has 0 amide bonds. The first kappa shape index (κ1) is 22.4. The molecule has 0 saturated carbocycles. The van der Waals surface area contributed by atoms with Crippen molar-refractivity contribution in [1.82, 2.24) is 34.3 Å². The van der Waals surface area contributed by atoms with E-state index in [1.807, 2.05) is 0 Å². The van der Waals surface area contributed by atoms with E-state index >= 15 is 0 Å². The summed E-state index contributed by atoms with van der Waals surface area (Å²) in [5.41, 5.74) is 5.62. The number of aromatic nitrogens is 7. The summed E-state index contributed by atoms with van der Waals surface area (Å²) in [5, 5.41) is 7.49. The second-order valence-corrected chi connectivity index (χ2v) is 7.83. The molecule has 0 spiro atoms. The highest BCUT2D eigenvalue weighted by Crippen LogP contribution is 2.36. The maximum atomic E-state index is 14.8. The van der Waals surface area contributed by atoms with Crippen molar-refractivity contribution in [2.24, 2.45) is 0 Å². The molecule has 0 aliphatic rings. The molecule has 4 heterocycles. The third kappa shape index (κ3) is 4.16. The molecule has 0 saturated heterocycles. The van der Waals surface area contributed by atoms with Crippen LogP contribution < -0.4 is 5.73 Å². The highest BCUT2D eigenvalue weighted by molar-refractivity contribution is 5.65. The summed E-state index contributed by atoms with van der Waals surface area (Å²) in [4.78, 5) is 12.1. The maximum Gasteiger partial charge on any atom is 0.271 e. The van der Waals surface area contributed by atoms with E-state index in [0.29, 0.717) is 6.92 Å². The van der Waals surface area contributed by atoms with Crippen LogP contribution in [-0.2, 0) is 0 Å². The van der Waals surface area contributed by atoms with Crippen LogP contribution in [0.3, 0.4) is 0 Å². The van der Waals surface area contributed by atoms with Crippen LogP contribution in [0.5, 0.6) is 0 Å². The Morgan fingerprint density at radius 1 is 0.943 bits per heavy atom. The average Bonchev–Trinajstić information content (AvgIpc) is 3.36. The fraction of sp³-hybridized carbons (Fsp3) is 0.136. The number of nitrogens with zero attached hydrogens (tertiary/aromatic N) is 7. The van der Waals surface area contributed by atoms with Crippen LogP contribution in [0.2, 0.25) is 0 Å². The minimum Gasteiger partial charge on any atom is -0.366 e. The van der Waals surface area contributed by atoms with Crippen molar-refractivity contribution in [1.29, 1.82) is 0 Å². The predicted molar refractivity (Wildman–Crippen MR) is 115 cm³/mol. The number of pyridine rings is 1. The topological polar surface area (TPSA) is 99.8 Å². The van der Waals surface area contributed by atoms with Gasteiger partial charge in [0.1, 0.15) is 11.9 Å². The lowest BCUT2D eigenvalue weighted by molar-refractivity contribution is -0.0221. The van der Waals surface area contributed by atoms with Crippen molar-refractivity contribution >= 4 is 11.6 Å². The third-order valence-electron chi connectivity index (χ3n) is 5.23. The number of halogens is 5. The number of benzene rings is 1. The highest BCUT2D eigenvalue weighted by atomic mass is 19.3. The van der Waals surface area contributed by atoms with Gasteiger partial charge in [0, 0.05) is 24.9 Å². The van der Waals surface area contributed by atoms with Gasteiger partial charge in [0.2, 0.25) is 11.9 Å². The summed E-state index contributed by atoms with van der Waals surface area (Å²) in [6.45, 7) is 0.655. The average molecular weight is 486 g/mol. The molecule has 0 aliphatic heterocycles. The molecule has 13 heteroatoms. The normalized spacial score (nSPS) is 12.9. The number of rotatable bonds is 5. The van der Waals surface area contributed by atoms with E-state index in [4.69, 9.17) is 5.73 Å². The van der Waals surface area contributed by atoms with Crippen LogP contribution in [-0.4, -0.2) is 40.3 Å². The first-order valence-electron chi connectivity index (χ1n) is 10.1. The lowest BCUT2D eigenvalue weighted by Gasteiger charge is -2.24. The van der Waals surface area contributed by atoms with Crippen molar-refractivity contribution in [3.63, 3.8) is 0 Å². The molecule has 178 valence electrons. The van der Waals surface area contributed by atoms with Gasteiger partial charge in [-0.25, -0.2) is 27.1 Å². The lowest BCUT2D eigenvalue weighted by Crippen LogP contribution is -2.29. The van der Waals surface area contributed by atoms with Gasteiger partial charge in [0.25, 0.3) is 5.92 Å². The van der Waals surface area contributed by atoms with Crippen LogP contribution in [0.4, 0.5) is 27.9 Å². The number of hydrogen-bond acceptors (Lipinski definition) is 6. The molecule has 2 N–H and O–H groups in total. The summed E-state index contributed by atoms with van der Waals surface area (Å²) in [7, 11) is 0. The quantitative estimate of drug-likeness (QED) is 0.372. The van der Waals surface area contributed by atoms with Crippen LogP contribution in [0.15, 0.2) is 55.1 Å². The van der Waals surface area contributed by atoms with Crippen molar-refractivity contribution in [2.75, 3.05) is 5.73 Å². The predicted octanol–water partition coefficient (Wildman–Crippen LogP) is 4.29. The van der Waals surface area contributed by atoms with Crippen molar-refractivity contribution < 1.29 is 22.0 Å². The smallest absolute Gasteiger partial charge is 0.271 e. The molecule has 0 aliphatic carbocycles. The van der Waals surface area contributed by atoms with E-state index in [1.165, 1.54) is 30.7 Å². The summed E-state index contributed by atoms with van der Waals surface area (Å²) >= 11 is 0. The first-order chi connectivity index (χ1) is 16.6. The Morgan fingerprint density at radius 3 is 2.37 bits per heavy atom. The van der Waals surface area contributed by atoms with Crippen molar-refractivity contribution in [3.05, 3.63) is 78.3 Å². The van der Waals surface area contributed by atoms with Crippen LogP contribution in [0, 0.1) is 17.6 Å². The maximum absolute atomic E-state index is 14.8. The number of alkyl halides is 2. The molecule has 5 rings (SSSR count). The Kier molecular flexibility index (Phi) is 5.19. The molecular formula is C22H15F5N8. The number of hydrogen-bond donors (Lipinski definition) is 1. The van der Waals surface area contributed by atoms with Gasteiger partial charge in [0.15, 0.2) is 11.5 Å². The third-order valence-corrected chi connectivity index (χ3v) is 5.23. The molecule has 0 fully saturated rings. The molecule has 1 aromatic carbocycles. The summed E-state index contributed by atoms with van der Waals surface area (Å²) in [6.07, 6.45) is 5.01. The Balaban J connectivity index is 1.56. The minimum atomic E-state index is -3.37. The second-order valence-electron chi connectivity index (χ2n) is 7.83. The first-order valence-corrected chi connectivity index (χ1v) is 10.1. The number of nitrogen functional groups attached to an aromatic ring is 1. The van der Waals surface area contributed by atoms with E-state index in [0.717, 1.165) is 33.6 Å². The van der Waals surface area contributed by atoms with E-state index in [2.05, 4.69) is 25.1 Å². The molecule has 8 nitrogen and oxygen atoms in total. The molecule has 1 unspecified atom stereocenters. The van der Waals surface area contributed by atoms with Crippen molar-refractivity contribution in [3.8, 4) is 22.5 Å². The highest BCUT2D eigenvalue weighted by Gasteiger charge is 2.38. The molecule has 0 bridgehead atoms. The van der Waals surface area contributed by atoms with Gasteiger partial charge in [-0.2, -0.15) is 9.37 Å². The molecule has 5 aromatic rings. The summed E-state index contributed by atoms with van der Waals surface area (Å²) in [6, 6.07) is 3.85. The largest absolute Gasteiger partial charge is 0.366 e. The minimum absolute atomic E-state index is 0.0258. The van der Waals surface area contributed by atoms with Crippen LogP contribution >= 0.6 is 0 Å². The van der Waals surface area contributed by atoms with Gasteiger partial charge in [-0.3, -0.25) is 9.67 Å². The Bertz CT molecular complexity index is 1540. The van der Waals surface area contributed by atoms with Gasteiger partial charge in [-0.1, -0.05) is 12.1 Å². The standard InChI is InChI=1S/C22H15F5N8/c1-22(26,27)18(11-2-4-13(23)5-3-11)34-10-14(19(25)32-34)17-8-29-7-16(30-17)12-6-15(24)20-31-21(28)33-35(20)9-12/h2-10,18H,1H3,(H2,28,33). The summed E-state index contributed by atoms with van der Waals surface area (Å²) < 4.78 is 73.4. The van der Waals surface area contributed by atoms with Gasteiger partial charge >= 0.3 is 0 Å². The van der Waals surface area contributed by atoms with Gasteiger partial charge in [0.05, 0.1) is 29.3 Å². The van der Waals surface area contributed by atoms with Gasteiger partial charge in [-0.05, 0) is 23.8 Å². The van der Waals surface area contributed by atoms with Crippen LogP contribution in [0.25, 0.3) is 28.2 Å². The fourth-order valence-corrected chi connectivity index (χ4v) is 3.73. The molecule has 1 atom stereocenters. The van der Waals surface area contributed by atoms with E-state index < -0.39 is 29.5 Å². The zero-order valence-electron chi connectivity index (χ0n) is 17.9. The SMILES string of the molecule is CC(F)(F)C(c1ccc(F)cc1)n1cc(-c2cncc(-c3cc(F)c4nc(N)nn4c3)n2)c(F)n1. The Labute approximate surface area is 193 Å². The molecule has 4 aromatic heterocycles. The van der Waals surface area contributed by atoms with E-state index in [-0.39, 0.29) is 39.7 Å². The van der Waals surface area contributed by atoms with Crippen LogP contribution in [0.1, 0.15) is 18.5 Å². The zero-order valence-corrected chi connectivity index (χ0v) is 17.9. The Hall–Kier alpha value is -4.42. The Morgan fingerprint density at radius 2 is 1.66 bits per heavy atom. The van der Waals surface area contributed by atoms with Gasteiger partial charge in [-0.15, -0.1) is 10.2 Å². The molecular weight excluding hydrogens is 471 g/mol. The monoisotopic (exact) mass is 486 g/mol. The number of nitrogens with two attached hydrogens (primary N) is 1. The molecule has 0 radical (unpaired) electrons. The lowest BCUT2D eigenvalue weighted by atomic mass is 10.0. The fourth-order valence-electron chi connectivity index (χ4n) is 3.73. The summed E-state index contributed by atoms with van der Waals surface area (Å²) in [5.74, 6) is -5.88. The second kappa shape index (κ2) is 8.11. The van der Waals surface area contributed by atoms with E-state index in [1.54, 1.807) is 0 Å². The van der Waals surface area contributed by atoms with Gasteiger partial charge < -0.3 is 5.73 Å². The molecule has 35 heavy (non-hydrogen) atoms. The zero-order chi connectivity index (χ0) is 24.9. The van der Waals surface area contributed by atoms with E-state index in [9.17, 15) is 22.0 Å². The number of anilines is 1. The van der Waals surface area contributed by atoms with Crippen molar-refractivity contribution in [2.45, 2.75) is 18.9 Å². The number of fused-ring (bicyclic) bond motifs is 1.